The van der Waals surface area contributed by atoms with Crippen LogP contribution in [0, 0.1) is 0 Å². The highest BCUT2D eigenvalue weighted by Gasteiger charge is 2.06. The van der Waals surface area contributed by atoms with Crippen molar-refractivity contribution in [3.63, 3.8) is 0 Å². The van der Waals surface area contributed by atoms with E-state index in [1.807, 2.05) is 0 Å². The molecule has 0 aliphatic heterocycles. The van der Waals surface area contributed by atoms with E-state index >= 15 is 0 Å². The Labute approximate surface area is 78.1 Å². The van der Waals surface area contributed by atoms with Crippen LogP contribution in [0.5, 0.6) is 0 Å². The normalized spacial score (nSPS) is 13.8. The average Bonchev–Trinajstić information content (AvgIpc) is 2.05. The van der Waals surface area contributed by atoms with Gasteiger partial charge in [-0.1, -0.05) is 33.1 Å². The molecule has 74 valence electrons. The SMILES string of the molecule is CCCCCN(C)C(C)CCC. The van der Waals surface area contributed by atoms with E-state index in [0.717, 1.165) is 6.04 Å². The van der Waals surface area contributed by atoms with Crippen molar-refractivity contribution in [2.24, 2.45) is 0 Å². The molecule has 0 aromatic heterocycles. The highest BCUT2D eigenvalue weighted by Crippen LogP contribution is 2.05. The molecule has 1 nitrogen and oxygen atoms in total. The minimum atomic E-state index is 0.770. The summed E-state index contributed by atoms with van der Waals surface area (Å²) in [4.78, 5) is 2.49. The topological polar surface area (TPSA) is 3.24 Å². The summed E-state index contributed by atoms with van der Waals surface area (Å²) >= 11 is 0. The summed E-state index contributed by atoms with van der Waals surface area (Å²) in [5, 5.41) is 0. The number of hydrogen-bond acceptors (Lipinski definition) is 1. The lowest BCUT2D eigenvalue weighted by atomic mass is 10.1. The zero-order valence-corrected chi connectivity index (χ0v) is 9.27. The van der Waals surface area contributed by atoms with E-state index in [9.17, 15) is 0 Å². The molecule has 0 amide bonds. The lowest BCUT2D eigenvalue weighted by molar-refractivity contribution is 0.240. The Balaban J connectivity index is 3.35. The van der Waals surface area contributed by atoms with Gasteiger partial charge in [0, 0.05) is 6.04 Å². The van der Waals surface area contributed by atoms with E-state index in [2.05, 4.69) is 32.7 Å². The lowest BCUT2D eigenvalue weighted by Gasteiger charge is -2.24. The van der Waals surface area contributed by atoms with E-state index in [1.165, 1.54) is 38.6 Å². The standard InChI is InChI=1S/C11H25N/c1-5-7-8-10-12(4)11(3)9-6-2/h11H,5-10H2,1-4H3. The van der Waals surface area contributed by atoms with E-state index < -0.39 is 0 Å². The number of nitrogens with zero attached hydrogens (tertiary/aromatic N) is 1. The first-order valence-electron chi connectivity index (χ1n) is 5.42. The zero-order valence-electron chi connectivity index (χ0n) is 9.27. The van der Waals surface area contributed by atoms with Crippen LogP contribution in [0.2, 0.25) is 0 Å². The second kappa shape index (κ2) is 7.60. The van der Waals surface area contributed by atoms with Crippen molar-refractivity contribution in [1.82, 2.24) is 4.90 Å². The molecule has 0 rings (SSSR count). The maximum atomic E-state index is 2.49. The number of rotatable bonds is 7. The minimum Gasteiger partial charge on any atom is -0.304 e. The van der Waals surface area contributed by atoms with Gasteiger partial charge in [-0.25, -0.2) is 0 Å². The predicted octanol–water partition coefficient (Wildman–Crippen LogP) is 3.30. The zero-order chi connectivity index (χ0) is 9.40. The maximum Gasteiger partial charge on any atom is 0.00637 e. The third-order valence-corrected chi connectivity index (χ3v) is 2.57. The number of unbranched alkanes of at least 4 members (excludes halogenated alkanes) is 2. The molecule has 0 aliphatic rings. The van der Waals surface area contributed by atoms with Crippen LogP contribution in [0.4, 0.5) is 0 Å². The predicted molar refractivity (Wildman–Crippen MR) is 56.5 cm³/mol. The molecular formula is C11H25N. The van der Waals surface area contributed by atoms with E-state index in [0.29, 0.717) is 0 Å². The van der Waals surface area contributed by atoms with Gasteiger partial charge in [0.05, 0.1) is 0 Å². The molecule has 0 bridgehead atoms. The number of hydrogen-bond donors (Lipinski definition) is 0. The molecule has 1 unspecified atom stereocenters. The van der Waals surface area contributed by atoms with Crippen molar-refractivity contribution in [1.29, 1.82) is 0 Å². The van der Waals surface area contributed by atoms with Crippen molar-refractivity contribution < 1.29 is 0 Å². The molecule has 12 heavy (non-hydrogen) atoms. The van der Waals surface area contributed by atoms with Crippen molar-refractivity contribution in [2.45, 2.75) is 58.9 Å². The van der Waals surface area contributed by atoms with Crippen molar-refractivity contribution >= 4 is 0 Å². The summed E-state index contributed by atoms with van der Waals surface area (Å²) < 4.78 is 0. The van der Waals surface area contributed by atoms with Crippen LogP contribution in [0.15, 0.2) is 0 Å². The molecule has 0 N–H and O–H groups in total. The fourth-order valence-corrected chi connectivity index (χ4v) is 1.47. The van der Waals surface area contributed by atoms with Gasteiger partial charge < -0.3 is 4.90 Å². The molecule has 0 aromatic carbocycles. The van der Waals surface area contributed by atoms with Crippen LogP contribution < -0.4 is 0 Å². The summed E-state index contributed by atoms with van der Waals surface area (Å²) in [6.45, 7) is 8.12. The summed E-state index contributed by atoms with van der Waals surface area (Å²) in [5.74, 6) is 0. The summed E-state index contributed by atoms with van der Waals surface area (Å²) in [6.07, 6.45) is 6.71. The molecule has 0 fully saturated rings. The first-order chi connectivity index (χ1) is 5.72. The molecule has 0 aliphatic carbocycles. The van der Waals surface area contributed by atoms with Crippen LogP contribution in [-0.2, 0) is 0 Å². The Bertz CT molecular complexity index is 91.0. The highest BCUT2D eigenvalue weighted by atomic mass is 15.1. The van der Waals surface area contributed by atoms with Gasteiger partial charge in [0.15, 0.2) is 0 Å². The van der Waals surface area contributed by atoms with Crippen LogP contribution in [-0.4, -0.2) is 24.5 Å². The molecule has 0 spiro atoms. The Morgan fingerprint density at radius 3 is 2.25 bits per heavy atom. The maximum absolute atomic E-state index is 2.49. The molecule has 0 radical (unpaired) electrons. The fourth-order valence-electron chi connectivity index (χ4n) is 1.47. The van der Waals surface area contributed by atoms with Gasteiger partial charge in [-0.15, -0.1) is 0 Å². The van der Waals surface area contributed by atoms with Gasteiger partial charge >= 0.3 is 0 Å². The summed E-state index contributed by atoms with van der Waals surface area (Å²) in [6, 6.07) is 0.770. The van der Waals surface area contributed by atoms with E-state index in [1.54, 1.807) is 0 Å². The molecule has 0 heterocycles. The van der Waals surface area contributed by atoms with Crippen LogP contribution in [0.1, 0.15) is 52.9 Å². The smallest absolute Gasteiger partial charge is 0.00637 e. The molecule has 0 saturated carbocycles. The van der Waals surface area contributed by atoms with Crippen LogP contribution in [0.25, 0.3) is 0 Å². The van der Waals surface area contributed by atoms with Crippen LogP contribution in [0.3, 0.4) is 0 Å². The first kappa shape index (κ1) is 12.0. The molecular weight excluding hydrogens is 146 g/mol. The Kier molecular flexibility index (Phi) is 7.58. The minimum absolute atomic E-state index is 0.770. The summed E-state index contributed by atoms with van der Waals surface area (Å²) in [5.41, 5.74) is 0. The van der Waals surface area contributed by atoms with Crippen molar-refractivity contribution in [2.75, 3.05) is 13.6 Å². The highest BCUT2D eigenvalue weighted by molar-refractivity contribution is 4.61. The Morgan fingerprint density at radius 1 is 1.08 bits per heavy atom. The van der Waals surface area contributed by atoms with Gasteiger partial charge in [-0.05, 0) is 33.4 Å². The van der Waals surface area contributed by atoms with E-state index in [-0.39, 0.29) is 0 Å². The van der Waals surface area contributed by atoms with Gasteiger partial charge in [0.1, 0.15) is 0 Å². The molecule has 1 heteroatoms. The van der Waals surface area contributed by atoms with Crippen LogP contribution >= 0.6 is 0 Å². The first-order valence-corrected chi connectivity index (χ1v) is 5.42. The lowest BCUT2D eigenvalue weighted by Crippen LogP contribution is -2.29. The molecule has 1 atom stereocenters. The monoisotopic (exact) mass is 171 g/mol. The molecule has 0 aromatic rings. The van der Waals surface area contributed by atoms with Gasteiger partial charge in [0.25, 0.3) is 0 Å². The summed E-state index contributed by atoms with van der Waals surface area (Å²) in [7, 11) is 2.25. The largest absolute Gasteiger partial charge is 0.304 e. The quantitative estimate of drug-likeness (QED) is 0.531. The van der Waals surface area contributed by atoms with Gasteiger partial charge in [-0.3, -0.25) is 0 Å². The second-order valence-corrected chi connectivity index (χ2v) is 3.83. The third kappa shape index (κ3) is 5.59. The van der Waals surface area contributed by atoms with Gasteiger partial charge in [0.2, 0.25) is 0 Å². The molecule has 0 saturated heterocycles. The fraction of sp³-hybridized carbons (Fsp3) is 1.00. The van der Waals surface area contributed by atoms with E-state index in [4.69, 9.17) is 0 Å². The van der Waals surface area contributed by atoms with Crippen molar-refractivity contribution in [3.8, 4) is 0 Å². The third-order valence-electron chi connectivity index (χ3n) is 2.57. The Morgan fingerprint density at radius 2 is 1.75 bits per heavy atom. The van der Waals surface area contributed by atoms with Gasteiger partial charge in [-0.2, -0.15) is 0 Å². The average molecular weight is 171 g/mol. The second-order valence-electron chi connectivity index (χ2n) is 3.83. The van der Waals surface area contributed by atoms with Crippen molar-refractivity contribution in [3.05, 3.63) is 0 Å². The Hall–Kier alpha value is -0.0400.